The molecule has 0 unspecified atom stereocenters. The largest absolute Gasteiger partial charge is 0.493 e. The van der Waals surface area contributed by atoms with Gasteiger partial charge in [0.05, 0.1) is 33.3 Å². The fourth-order valence-electron chi connectivity index (χ4n) is 6.33. The van der Waals surface area contributed by atoms with Crippen LogP contribution < -0.4 is 9.47 Å². The maximum Gasteiger partial charge on any atom is 0.306 e. The summed E-state index contributed by atoms with van der Waals surface area (Å²) in [5.74, 6) is 1.84. The highest BCUT2D eigenvalue weighted by atomic mass is 16.5. The van der Waals surface area contributed by atoms with Gasteiger partial charge in [0.25, 0.3) is 0 Å². The number of hydrogen-bond acceptors (Lipinski definition) is 5. The topological polar surface area (TPSA) is 63.8 Å². The van der Waals surface area contributed by atoms with Crippen LogP contribution in [0.25, 0.3) is 10.9 Å². The fraction of sp³-hybridized carbons (Fsp3) is 0.591. The second kappa shape index (κ2) is 6.41. The maximum atomic E-state index is 12.4. The van der Waals surface area contributed by atoms with Crippen molar-refractivity contribution < 1.29 is 19.0 Å². The fourth-order valence-corrected chi connectivity index (χ4v) is 6.33. The van der Waals surface area contributed by atoms with Crippen LogP contribution in [0.5, 0.6) is 11.5 Å². The molecular formula is C22H28N2O4. The van der Waals surface area contributed by atoms with E-state index in [0.29, 0.717) is 18.4 Å². The van der Waals surface area contributed by atoms with Crippen molar-refractivity contribution in [1.82, 2.24) is 9.88 Å². The molecule has 28 heavy (non-hydrogen) atoms. The molecule has 0 saturated carbocycles. The van der Waals surface area contributed by atoms with E-state index in [9.17, 15) is 4.79 Å². The zero-order valence-electron chi connectivity index (χ0n) is 16.8. The Labute approximate surface area is 165 Å². The minimum atomic E-state index is -0.0879. The van der Waals surface area contributed by atoms with E-state index in [0.717, 1.165) is 55.8 Å². The Balaban J connectivity index is 1.70. The molecule has 1 N–H and O–H groups in total. The van der Waals surface area contributed by atoms with Crippen LogP contribution in [0.4, 0.5) is 0 Å². The van der Waals surface area contributed by atoms with Crippen LogP contribution in [-0.2, 0) is 16.0 Å². The van der Waals surface area contributed by atoms with Crippen LogP contribution in [-0.4, -0.2) is 56.3 Å². The molecule has 0 bridgehead atoms. The average Bonchev–Trinajstić information content (AvgIpc) is 3.30. The summed E-state index contributed by atoms with van der Waals surface area (Å²) in [5.41, 5.74) is 3.65. The van der Waals surface area contributed by atoms with Crippen LogP contribution in [0.15, 0.2) is 12.1 Å². The predicted octanol–water partition coefficient (Wildman–Crippen LogP) is 3.24. The lowest BCUT2D eigenvalue weighted by atomic mass is 9.60. The molecule has 0 spiro atoms. The van der Waals surface area contributed by atoms with E-state index in [1.54, 1.807) is 14.2 Å². The Bertz CT molecular complexity index is 936. The number of nitrogens with one attached hydrogen (secondary N) is 1. The van der Waals surface area contributed by atoms with E-state index >= 15 is 0 Å². The van der Waals surface area contributed by atoms with Crippen LogP contribution in [0.1, 0.15) is 42.9 Å². The SMILES string of the molecule is COC(=O)C[C@@]12CCCN3CC[C@@H](c4[nH]c5c(OC)c(OC)ccc5c4C1)[C@H]32. The van der Waals surface area contributed by atoms with Gasteiger partial charge >= 0.3 is 5.97 Å². The minimum Gasteiger partial charge on any atom is -0.493 e. The number of rotatable bonds is 4. The highest BCUT2D eigenvalue weighted by molar-refractivity contribution is 5.92. The summed E-state index contributed by atoms with van der Waals surface area (Å²) in [4.78, 5) is 18.7. The number of hydrogen-bond donors (Lipinski definition) is 1. The zero-order chi connectivity index (χ0) is 19.5. The van der Waals surface area contributed by atoms with Crippen LogP contribution in [0.3, 0.4) is 0 Å². The number of ether oxygens (including phenoxy) is 3. The van der Waals surface area contributed by atoms with Crippen molar-refractivity contribution in [1.29, 1.82) is 0 Å². The van der Waals surface area contributed by atoms with Gasteiger partial charge in [-0.05, 0) is 56.5 Å². The number of carbonyl (C=O) groups excluding carboxylic acids is 1. The van der Waals surface area contributed by atoms with Crippen LogP contribution in [0.2, 0.25) is 0 Å². The van der Waals surface area contributed by atoms with Crippen molar-refractivity contribution in [3.63, 3.8) is 0 Å². The number of methoxy groups -OCH3 is 3. The molecule has 150 valence electrons. The van der Waals surface area contributed by atoms with Gasteiger partial charge in [-0.25, -0.2) is 0 Å². The molecule has 5 rings (SSSR count). The van der Waals surface area contributed by atoms with Gasteiger partial charge in [-0.15, -0.1) is 0 Å². The molecule has 6 heteroatoms. The van der Waals surface area contributed by atoms with Gasteiger partial charge in [-0.2, -0.15) is 0 Å². The Morgan fingerprint density at radius 2 is 2.11 bits per heavy atom. The minimum absolute atomic E-state index is 0.0399. The molecule has 2 fully saturated rings. The molecule has 1 aliphatic carbocycles. The first-order chi connectivity index (χ1) is 13.6. The quantitative estimate of drug-likeness (QED) is 0.820. The van der Waals surface area contributed by atoms with E-state index in [4.69, 9.17) is 14.2 Å². The molecule has 3 atom stereocenters. The monoisotopic (exact) mass is 384 g/mol. The lowest BCUT2D eigenvalue weighted by molar-refractivity contribution is -0.146. The number of carbonyl (C=O) groups is 1. The Kier molecular flexibility index (Phi) is 4.09. The first-order valence-corrected chi connectivity index (χ1v) is 10.2. The number of H-pyrrole nitrogens is 1. The average molecular weight is 384 g/mol. The van der Waals surface area contributed by atoms with Crippen LogP contribution in [0, 0.1) is 5.41 Å². The van der Waals surface area contributed by atoms with Gasteiger partial charge < -0.3 is 19.2 Å². The molecule has 2 aliphatic heterocycles. The number of aromatic nitrogens is 1. The lowest BCUT2D eigenvalue weighted by Crippen LogP contribution is -2.55. The summed E-state index contributed by atoms with van der Waals surface area (Å²) in [6, 6.07) is 4.53. The van der Waals surface area contributed by atoms with Crippen LogP contribution >= 0.6 is 0 Å². The third kappa shape index (κ3) is 2.33. The normalized spacial score (nSPS) is 28.7. The summed E-state index contributed by atoms with van der Waals surface area (Å²) in [6.45, 7) is 2.24. The molecule has 1 aromatic heterocycles. The summed E-state index contributed by atoms with van der Waals surface area (Å²) < 4.78 is 16.3. The summed E-state index contributed by atoms with van der Waals surface area (Å²) >= 11 is 0. The van der Waals surface area contributed by atoms with Gasteiger partial charge in [0.2, 0.25) is 0 Å². The smallest absolute Gasteiger partial charge is 0.306 e. The van der Waals surface area contributed by atoms with E-state index < -0.39 is 0 Å². The second-order valence-corrected chi connectivity index (χ2v) is 8.51. The number of piperidine rings is 1. The summed E-state index contributed by atoms with van der Waals surface area (Å²) in [6.07, 6.45) is 4.77. The molecule has 0 radical (unpaired) electrons. The zero-order valence-corrected chi connectivity index (χ0v) is 16.8. The van der Waals surface area contributed by atoms with Gasteiger partial charge in [-0.3, -0.25) is 9.69 Å². The van der Waals surface area contributed by atoms with Gasteiger partial charge in [0.15, 0.2) is 11.5 Å². The number of fused-ring (bicyclic) bond motifs is 4. The van der Waals surface area contributed by atoms with Crippen molar-refractivity contribution in [2.24, 2.45) is 5.41 Å². The highest BCUT2D eigenvalue weighted by Gasteiger charge is 2.56. The molecule has 2 aromatic rings. The van der Waals surface area contributed by atoms with E-state index in [1.165, 1.54) is 23.8 Å². The van der Waals surface area contributed by atoms with Crippen molar-refractivity contribution in [2.75, 3.05) is 34.4 Å². The lowest BCUT2D eigenvalue weighted by Gasteiger charge is -2.51. The first-order valence-electron chi connectivity index (χ1n) is 10.2. The number of aromatic amines is 1. The molecule has 3 heterocycles. The van der Waals surface area contributed by atoms with Gasteiger partial charge in [0, 0.05) is 28.5 Å². The van der Waals surface area contributed by atoms with Crippen molar-refractivity contribution >= 4 is 16.9 Å². The molecular weight excluding hydrogens is 356 g/mol. The standard InChI is InChI=1S/C22H28N2O4/c1-26-16-6-5-13-15-11-22(12-17(25)27-2)8-4-9-24-10-7-14(21(22)24)18(15)23-19(13)20(16)28-3/h5-6,14,21,23H,4,7-12H2,1-3H3/t14-,21-,22+/m0/s1. The molecule has 0 amide bonds. The van der Waals surface area contributed by atoms with Gasteiger partial charge in [0.1, 0.15) is 0 Å². The third-order valence-corrected chi connectivity index (χ3v) is 7.33. The van der Waals surface area contributed by atoms with E-state index in [1.807, 2.05) is 6.07 Å². The number of benzene rings is 1. The molecule has 2 saturated heterocycles. The van der Waals surface area contributed by atoms with Gasteiger partial charge in [-0.1, -0.05) is 0 Å². The number of esters is 1. The third-order valence-electron chi connectivity index (χ3n) is 7.33. The molecule has 3 aliphatic rings. The molecule has 6 nitrogen and oxygen atoms in total. The van der Waals surface area contributed by atoms with E-state index in [2.05, 4.69) is 16.0 Å². The Morgan fingerprint density at radius 1 is 1.25 bits per heavy atom. The van der Waals surface area contributed by atoms with E-state index in [-0.39, 0.29) is 11.4 Å². The Morgan fingerprint density at radius 3 is 2.86 bits per heavy atom. The molecule has 1 aromatic carbocycles. The van der Waals surface area contributed by atoms with Crippen molar-refractivity contribution in [3.8, 4) is 11.5 Å². The predicted molar refractivity (Wildman–Crippen MR) is 106 cm³/mol. The van der Waals surface area contributed by atoms with Crippen molar-refractivity contribution in [3.05, 3.63) is 23.4 Å². The summed E-state index contributed by atoms with van der Waals surface area (Å²) in [5, 5.41) is 1.19. The second-order valence-electron chi connectivity index (χ2n) is 8.51. The number of nitrogens with zero attached hydrogens (tertiary/aromatic N) is 1. The first kappa shape index (κ1) is 17.9. The van der Waals surface area contributed by atoms with Crippen molar-refractivity contribution in [2.45, 2.75) is 44.1 Å². The Hall–Kier alpha value is -2.21. The highest BCUT2D eigenvalue weighted by Crippen LogP contribution is 2.57. The maximum absolute atomic E-state index is 12.4. The summed E-state index contributed by atoms with van der Waals surface area (Å²) in [7, 11) is 4.86.